The van der Waals surface area contributed by atoms with E-state index in [1.807, 2.05) is 13.8 Å². The van der Waals surface area contributed by atoms with Crippen LogP contribution in [0.2, 0.25) is 0 Å². The van der Waals surface area contributed by atoms with E-state index < -0.39 is 0 Å². The molecule has 1 aliphatic rings. The molecule has 0 aromatic rings. The molecule has 1 amide bonds. The fourth-order valence-electron chi connectivity index (χ4n) is 1.93. The van der Waals surface area contributed by atoms with Crippen LogP contribution in [0.5, 0.6) is 0 Å². The van der Waals surface area contributed by atoms with Gasteiger partial charge in [0.1, 0.15) is 0 Å². The molecule has 17 heavy (non-hydrogen) atoms. The molecule has 0 spiro atoms. The van der Waals surface area contributed by atoms with Gasteiger partial charge in [0, 0.05) is 19.2 Å². The van der Waals surface area contributed by atoms with Crippen molar-refractivity contribution < 1.29 is 9.53 Å². The van der Waals surface area contributed by atoms with Crippen molar-refractivity contribution in [1.29, 1.82) is 0 Å². The van der Waals surface area contributed by atoms with Gasteiger partial charge in [0.25, 0.3) is 0 Å². The summed E-state index contributed by atoms with van der Waals surface area (Å²) in [6.07, 6.45) is 2.37. The fourth-order valence-corrected chi connectivity index (χ4v) is 1.93. The Morgan fingerprint density at radius 1 is 1.47 bits per heavy atom. The lowest BCUT2D eigenvalue weighted by Gasteiger charge is -2.20. The van der Waals surface area contributed by atoms with Crippen LogP contribution in [-0.2, 0) is 9.53 Å². The fraction of sp³-hybridized carbons (Fsp3) is 0.923. The Balaban J connectivity index is 2.24. The van der Waals surface area contributed by atoms with Gasteiger partial charge in [-0.3, -0.25) is 4.79 Å². The standard InChI is InChI=1S/C13H26N2O2/c1-5-9(2)15-13(16)10(3)14-8-12-6-7-17-11(12)4/h9-12,14H,5-8H2,1-4H3,(H,15,16). The second-order valence-corrected chi connectivity index (χ2v) is 5.07. The molecule has 1 aliphatic heterocycles. The topological polar surface area (TPSA) is 50.4 Å². The van der Waals surface area contributed by atoms with Crippen LogP contribution in [0.3, 0.4) is 0 Å². The molecule has 0 bridgehead atoms. The molecule has 1 fully saturated rings. The highest BCUT2D eigenvalue weighted by Gasteiger charge is 2.25. The summed E-state index contributed by atoms with van der Waals surface area (Å²) in [6.45, 7) is 9.82. The predicted octanol–water partition coefficient (Wildman–Crippen LogP) is 1.30. The molecule has 100 valence electrons. The first-order valence-electron chi connectivity index (χ1n) is 6.70. The normalized spacial score (nSPS) is 27.8. The number of carbonyl (C=O) groups is 1. The van der Waals surface area contributed by atoms with Gasteiger partial charge in [-0.15, -0.1) is 0 Å². The lowest BCUT2D eigenvalue weighted by atomic mass is 10.0. The van der Waals surface area contributed by atoms with Crippen molar-refractivity contribution in [2.24, 2.45) is 5.92 Å². The Bertz CT molecular complexity index is 246. The Hall–Kier alpha value is -0.610. The van der Waals surface area contributed by atoms with Gasteiger partial charge in [-0.25, -0.2) is 0 Å². The van der Waals surface area contributed by atoms with Crippen molar-refractivity contribution in [1.82, 2.24) is 10.6 Å². The molecule has 4 heteroatoms. The lowest BCUT2D eigenvalue weighted by Crippen LogP contribution is -2.46. The molecule has 2 N–H and O–H groups in total. The smallest absolute Gasteiger partial charge is 0.237 e. The number of amides is 1. The van der Waals surface area contributed by atoms with Crippen LogP contribution in [0.1, 0.15) is 40.5 Å². The maximum atomic E-state index is 11.8. The number of nitrogens with one attached hydrogen (secondary N) is 2. The van der Waals surface area contributed by atoms with E-state index in [0.717, 1.165) is 26.0 Å². The number of hydrogen-bond acceptors (Lipinski definition) is 3. The van der Waals surface area contributed by atoms with Gasteiger partial charge >= 0.3 is 0 Å². The summed E-state index contributed by atoms with van der Waals surface area (Å²) in [5.41, 5.74) is 0. The average molecular weight is 242 g/mol. The lowest BCUT2D eigenvalue weighted by molar-refractivity contribution is -0.123. The molecule has 0 radical (unpaired) electrons. The first kappa shape index (κ1) is 14.5. The molecule has 0 aromatic carbocycles. The van der Waals surface area contributed by atoms with Crippen LogP contribution < -0.4 is 10.6 Å². The monoisotopic (exact) mass is 242 g/mol. The van der Waals surface area contributed by atoms with E-state index in [1.54, 1.807) is 0 Å². The zero-order valence-electron chi connectivity index (χ0n) is 11.5. The van der Waals surface area contributed by atoms with E-state index in [0.29, 0.717) is 12.0 Å². The van der Waals surface area contributed by atoms with Gasteiger partial charge in [0.15, 0.2) is 0 Å². The summed E-state index contributed by atoms with van der Waals surface area (Å²) < 4.78 is 5.50. The van der Waals surface area contributed by atoms with Crippen LogP contribution in [0.4, 0.5) is 0 Å². The van der Waals surface area contributed by atoms with E-state index in [2.05, 4.69) is 24.5 Å². The zero-order chi connectivity index (χ0) is 12.8. The molecule has 1 rings (SSSR count). The number of hydrogen-bond donors (Lipinski definition) is 2. The highest BCUT2D eigenvalue weighted by Crippen LogP contribution is 2.19. The van der Waals surface area contributed by atoms with E-state index in [1.165, 1.54) is 0 Å². The molecule has 4 unspecified atom stereocenters. The minimum absolute atomic E-state index is 0.0888. The van der Waals surface area contributed by atoms with Crippen LogP contribution in [0.25, 0.3) is 0 Å². The summed E-state index contributed by atoms with van der Waals surface area (Å²) in [5, 5.41) is 6.28. The van der Waals surface area contributed by atoms with Gasteiger partial charge in [0.05, 0.1) is 12.1 Å². The van der Waals surface area contributed by atoms with Crippen molar-refractivity contribution >= 4 is 5.91 Å². The summed E-state index contributed by atoms with van der Waals surface area (Å²) in [7, 11) is 0. The predicted molar refractivity (Wildman–Crippen MR) is 68.9 cm³/mol. The van der Waals surface area contributed by atoms with Gasteiger partial charge < -0.3 is 15.4 Å². The second-order valence-electron chi connectivity index (χ2n) is 5.07. The second kappa shape index (κ2) is 6.97. The molecule has 0 saturated carbocycles. The Morgan fingerprint density at radius 2 is 2.18 bits per heavy atom. The first-order valence-corrected chi connectivity index (χ1v) is 6.70. The van der Waals surface area contributed by atoms with Crippen molar-refractivity contribution in [3.05, 3.63) is 0 Å². The van der Waals surface area contributed by atoms with Gasteiger partial charge in [-0.1, -0.05) is 6.92 Å². The summed E-state index contributed by atoms with van der Waals surface area (Å²) in [6, 6.07) is 0.122. The van der Waals surface area contributed by atoms with Crippen molar-refractivity contribution in [3.8, 4) is 0 Å². The number of carbonyl (C=O) groups excluding carboxylic acids is 1. The zero-order valence-corrected chi connectivity index (χ0v) is 11.5. The van der Waals surface area contributed by atoms with Crippen molar-refractivity contribution in [2.75, 3.05) is 13.2 Å². The van der Waals surface area contributed by atoms with Crippen LogP contribution in [0, 0.1) is 5.92 Å². The highest BCUT2D eigenvalue weighted by atomic mass is 16.5. The van der Waals surface area contributed by atoms with Crippen LogP contribution in [0.15, 0.2) is 0 Å². The first-order chi connectivity index (χ1) is 8.04. The average Bonchev–Trinajstić information content (AvgIpc) is 2.71. The van der Waals surface area contributed by atoms with Crippen molar-refractivity contribution in [3.63, 3.8) is 0 Å². The Kier molecular flexibility index (Phi) is 5.92. The third-order valence-electron chi connectivity index (χ3n) is 3.61. The molecular weight excluding hydrogens is 216 g/mol. The minimum atomic E-state index is -0.128. The van der Waals surface area contributed by atoms with E-state index >= 15 is 0 Å². The van der Waals surface area contributed by atoms with Crippen LogP contribution >= 0.6 is 0 Å². The van der Waals surface area contributed by atoms with Gasteiger partial charge in [-0.2, -0.15) is 0 Å². The number of rotatable bonds is 6. The van der Waals surface area contributed by atoms with E-state index in [4.69, 9.17) is 4.74 Å². The molecule has 4 atom stereocenters. The summed E-state index contributed by atoms with van der Waals surface area (Å²) in [5.74, 6) is 0.625. The van der Waals surface area contributed by atoms with Crippen molar-refractivity contribution in [2.45, 2.75) is 58.7 Å². The highest BCUT2D eigenvalue weighted by molar-refractivity contribution is 5.81. The molecule has 1 saturated heterocycles. The minimum Gasteiger partial charge on any atom is -0.378 e. The molecule has 4 nitrogen and oxygen atoms in total. The van der Waals surface area contributed by atoms with Gasteiger partial charge in [0.2, 0.25) is 5.91 Å². The van der Waals surface area contributed by atoms with Gasteiger partial charge in [-0.05, 0) is 39.5 Å². The Labute approximate surface area is 104 Å². The molecule has 0 aromatic heterocycles. The number of ether oxygens (including phenoxy) is 1. The molecule has 0 aliphatic carbocycles. The molecular formula is C13H26N2O2. The third kappa shape index (κ3) is 4.64. The maximum Gasteiger partial charge on any atom is 0.237 e. The van der Waals surface area contributed by atoms with Crippen LogP contribution in [-0.4, -0.2) is 37.2 Å². The SMILES string of the molecule is CCC(C)NC(=O)C(C)NCC1CCOC1C. The Morgan fingerprint density at radius 3 is 2.71 bits per heavy atom. The van der Waals surface area contributed by atoms with E-state index in [9.17, 15) is 4.79 Å². The molecule has 1 heterocycles. The summed E-state index contributed by atoms with van der Waals surface area (Å²) >= 11 is 0. The maximum absolute atomic E-state index is 11.8. The summed E-state index contributed by atoms with van der Waals surface area (Å²) in [4.78, 5) is 11.8. The van der Waals surface area contributed by atoms with E-state index in [-0.39, 0.29) is 18.0 Å². The quantitative estimate of drug-likeness (QED) is 0.738. The largest absolute Gasteiger partial charge is 0.378 e. The third-order valence-corrected chi connectivity index (χ3v) is 3.61.